The van der Waals surface area contributed by atoms with Gasteiger partial charge in [0.1, 0.15) is 22.4 Å². The number of halogens is 2. The first-order valence-electron chi connectivity index (χ1n) is 6.40. The second-order valence-corrected chi connectivity index (χ2v) is 8.87. The third-order valence-electron chi connectivity index (χ3n) is 3.28. The number of hydrogen-bond acceptors (Lipinski definition) is 3. The van der Waals surface area contributed by atoms with Crippen LogP contribution in [0.2, 0.25) is 0 Å². The Hall–Kier alpha value is -1.63. The van der Waals surface area contributed by atoms with Crippen LogP contribution in [0, 0.1) is 11.6 Å². The molecule has 110 valence electrons. The van der Waals surface area contributed by atoms with E-state index < -0.39 is 10.8 Å². The van der Waals surface area contributed by atoms with Gasteiger partial charge in [-0.2, -0.15) is 0 Å². The van der Waals surface area contributed by atoms with Crippen LogP contribution in [0.15, 0.2) is 56.9 Å². The minimum Gasteiger partial charge on any atom is -0.247 e. The van der Waals surface area contributed by atoms with Crippen LogP contribution >= 0.6 is 22.7 Å². The molecule has 0 radical (unpaired) electrons. The van der Waals surface area contributed by atoms with Crippen LogP contribution in [0.5, 0.6) is 0 Å². The first-order chi connectivity index (χ1) is 10.6. The Morgan fingerprint density at radius 2 is 1.18 bits per heavy atom. The Kier molecular flexibility index (Phi) is 3.32. The molecule has 2 aromatic heterocycles. The Bertz CT molecular complexity index is 950. The van der Waals surface area contributed by atoms with Crippen molar-refractivity contribution in [2.75, 3.05) is 0 Å². The lowest BCUT2D eigenvalue weighted by Crippen LogP contribution is -1.84. The molecule has 0 saturated heterocycles. The molecule has 4 aromatic rings. The van der Waals surface area contributed by atoms with E-state index in [1.807, 2.05) is 0 Å². The standard InChI is InChI=1S/C16H8F2OS3/c17-11-1-3-13-9(5-11)7-15(20-13)22(19)16-8-10-6-12(18)2-4-14(10)21-16/h1-8H. The van der Waals surface area contributed by atoms with Crippen molar-refractivity contribution < 1.29 is 13.0 Å². The smallest absolute Gasteiger partial charge is 0.123 e. The summed E-state index contributed by atoms with van der Waals surface area (Å²) in [4.78, 5) is 0. The molecular formula is C16H8F2OS3. The predicted molar refractivity (Wildman–Crippen MR) is 88.2 cm³/mol. The minimum absolute atomic E-state index is 0.306. The number of benzene rings is 2. The number of hydrogen-bond donors (Lipinski definition) is 0. The molecular weight excluding hydrogens is 342 g/mol. The van der Waals surface area contributed by atoms with Crippen molar-refractivity contribution >= 4 is 53.6 Å². The molecule has 0 atom stereocenters. The lowest BCUT2D eigenvalue weighted by molar-refractivity contribution is 0.629. The monoisotopic (exact) mass is 350 g/mol. The molecule has 0 unspecified atom stereocenters. The predicted octanol–water partition coefficient (Wildman–Crippen LogP) is 5.56. The molecule has 4 rings (SSSR count). The van der Waals surface area contributed by atoms with Gasteiger partial charge in [-0.3, -0.25) is 0 Å². The molecule has 0 amide bonds. The normalized spacial score (nSPS) is 11.8. The highest BCUT2D eigenvalue weighted by Gasteiger charge is 2.15. The van der Waals surface area contributed by atoms with Crippen molar-refractivity contribution in [1.82, 2.24) is 0 Å². The summed E-state index contributed by atoms with van der Waals surface area (Å²) in [5.41, 5.74) is 0. The summed E-state index contributed by atoms with van der Waals surface area (Å²) in [5, 5.41) is 1.50. The third kappa shape index (κ3) is 2.37. The summed E-state index contributed by atoms with van der Waals surface area (Å²) < 4.78 is 42.3. The van der Waals surface area contributed by atoms with Gasteiger partial charge in [-0.25, -0.2) is 13.0 Å². The van der Waals surface area contributed by atoms with Gasteiger partial charge in [-0.15, -0.1) is 22.7 Å². The first kappa shape index (κ1) is 14.0. The number of rotatable bonds is 2. The SMILES string of the molecule is O=S(c1cc2cc(F)ccc2s1)c1cc2cc(F)ccc2s1. The van der Waals surface area contributed by atoms with Gasteiger partial charge in [0.15, 0.2) is 0 Å². The summed E-state index contributed by atoms with van der Waals surface area (Å²) in [7, 11) is -1.33. The van der Waals surface area contributed by atoms with Crippen molar-refractivity contribution in [1.29, 1.82) is 0 Å². The maximum Gasteiger partial charge on any atom is 0.123 e. The topological polar surface area (TPSA) is 17.1 Å². The van der Waals surface area contributed by atoms with E-state index in [0.29, 0.717) is 8.42 Å². The van der Waals surface area contributed by atoms with Crippen LogP contribution in [-0.4, -0.2) is 4.21 Å². The minimum atomic E-state index is -1.33. The van der Waals surface area contributed by atoms with Crippen molar-refractivity contribution in [2.24, 2.45) is 0 Å². The molecule has 0 N–H and O–H groups in total. The van der Waals surface area contributed by atoms with Crippen molar-refractivity contribution in [3.8, 4) is 0 Å². The van der Waals surface area contributed by atoms with E-state index in [9.17, 15) is 13.0 Å². The number of fused-ring (bicyclic) bond motifs is 2. The highest BCUT2D eigenvalue weighted by atomic mass is 32.2. The van der Waals surface area contributed by atoms with Crippen LogP contribution in [0.4, 0.5) is 8.78 Å². The molecule has 0 saturated carbocycles. The quantitative estimate of drug-likeness (QED) is 0.462. The van der Waals surface area contributed by atoms with Crippen LogP contribution in [0.3, 0.4) is 0 Å². The largest absolute Gasteiger partial charge is 0.247 e. The van der Waals surface area contributed by atoms with Crippen molar-refractivity contribution in [3.63, 3.8) is 0 Å². The van der Waals surface area contributed by atoms with E-state index in [-0.39, 0.29) is 11.6 Å². The third-order valence-corrected chi connectivity index (χ3v) is 7.47. The van der Waals surface area contributed by atoms with Gasteiger partial charge in [-0.05, 0) is 59.3 Å². The van der Waals surface area contributed by atoms with Crippen molar-refractivity contribution in [2.45, 2.75) is 8.42 Å². The first-order valence-corrected chi connectivity index (χ1v) is 9.18. The molecule has 0 aliphatic rings. The van der Waals surface area contributed by atoms with E-state index in [0.717, 1.165) is 20.2 Å². The molecule has 0 spiro atoms. The fourth-order valence-corrected chi connectivity index (χ4v) is 6.32. The maximum atomic E-state index is 13.2. The van der Waals surface area contributed by atoms with Gasteiger partial charge in [-0.1, -0.05) is 0 Å². The van der Waals surface area contributed by atoms with E-state index in [2.05, 4.69) is 0 Å². The van der Waals surface area contributed by atoms with Gasteiger partial charge < -0.3 is 0 Å². The maximum absolute atomic E-state index is 13.2. The summed E-state index contributed by atoms with van der Waals surface area (Å²) in [6.45, 7) is 0. The summed E-state index contributed by atoms with van der Waals surface area (Å²) >= 11 is 2.78. The Morgan fingerprint density at radius 3 is 1.64 bits per heavy atom. The van der Waals surface area contributed by atoms with Crippen LogP contribution < -0.4 is 0 Å². The van der Waals surface area contributed by atoms with Gasteiger partial charge in [0.25, 0.3) is 0 Å². The Balaban J connectivity index is 1.80. The summed E-state index contributed by atoms with van der Waals surface area (Å²) in [6.07, 6.45) is 0. The highest BCUT2D eigenvalue weighted by Crippen LogP contribution is 2.35. The van der Waals surface area contributed by atoms with Gasteiger partial charge in [0.2, 0.25) is 0 Å². The summed E-state index contributed by atoms with van der Waals surface area (Å²) in [5.74, 6) is -0.611. The molecule has 0 aliphatic heterocycles. The van der Waals surface area contributed by atoms with E-state index in [4.69, 9.17) is 0 Å². The van der Waals surface area contributed by atoms with Crippen LogP contribution in [0.25, 0.3) is 20.2 Å². The zero-order valence-corrected chi connectivity index (χ0v) is 13.5. The van der Waals surface area contributed by atoms with E-state index in [1.54, 1.807) is 24.3 Å². The van der Waals surface area contributed by atoms with Crippen LogP contribution in [-0.2, 0) is 10.8 Å². The fraction of sp³-hybridized carbons (Fsp3) is 0. The lowest BCUT2D eigenvalue weighted by atomic mass is 10.3. The van der Waals surface area contributed by atoms with Gasteiger partial charge >= 0.3 is 0 Å². The fourth-order valence-electron chi connectivity index (χ4n) is 2.26. The zero-order valence-electron chi connectivity index (χ0n) is 11.0. The molecule has 6 heteroatoms. The summed E-state index contributed by atoms with van der Waals surface area (Å²) in [6, 6.07) is 12.6. The van der Waals surface area contributed by atoms with E-state index >= 15 is 0 Å². The number of thiophene rings is 2. The van der Waals surface area contributed by atoms with Gasteiger partial charge in [0.05, 0.1) is 8.42 Å². The van der Waals surface area contributed by atoms with Crippen LogP contribution in [0.1, 0.15) is 0 Å². The van der Waals surface area contributed by atoms with Crippen molar-refractivity contribution in [3.05, 3.63) is 60.2 Å². The molecule has 1 nitrogen and oxygen atoms in total. The molecule has 0 bridgehead atoms. The second kappa shape index (κ2) is 5.22. The zero-order chi connectivity index (χ0) is 15.3. The molecule has 2 aromatic carbocycles. The average molecular weight is 350 g/mol. The highest BCUT2D eigenvalue weighted by molar-refractivity contribution is 7.89. The average Bonchev–Trinajstić information content (AvgIpc) is 3.08. The lowest BCUT2D eigenvalue weighted by Gasteiger charge is -1.92. The molecule has 2 heterocycles. The Morgan fingerprint density at radius 1 is 0.727 bits per heavy atom. The van der Waals surface area contributed by atoms with Gasteiger partial charge in [0, 0.05) is 9.40 Å². The molecule has 0 fully saturated rings. The molecule has 0 aliphatic carbocycles. The second-order valence-electron chi connectivity index (χ2n) is 4.76. The Labute approximate surface area is 135 Å². The molecule has 22 heavy (non-hydrogen) atoms. The van der Waals surface area contributed by atoms with E-state index in [1.165, 1.54) is 46.9 Å².